The number of benzene rings is 2. The molecule has 1 fully saturated rings. The molecule has 1 amide bonds. The van der Waals surface area contributed by atoms with Crippen molar-refractivity contribution in [3.8, 4) is 0 Å². The molecule has 0 aromatic heterocycles. The average molecular weight is 396 g/mol. The fraction of sp³-hybridized carbons (Fsp3) is 0.458. The Kier molecular flexibility index (Phi) is 8.68. The van der Waals surface area contributed by atoms with Crippen LogP contribution in [0.5, 0.6) is 0 Å². The van der Waals surface area contributed by atoms with Crippen LogP contribution >= 0.6 is 0 Å². The summed E-state index contributed by atoms with van der Waals surface area (Å²) in [5, 5.41) is 3.00. The van der Waals surface area contributed by atoms with E-state index in [1.807, 2.05) is 37.3 Å². The van der Waals surface area contributed by atoms with Gasteiger partial charge >= 0.3 is 0 Å². The normalized spacial score (nSPS) is 16.4. The topological polar surface area (TPSA) is 44.8 Å². The van der Waals surface area contributed by atoms with Crippen LogP contribution in [0.2, 0.25) is 0 Å². The number of carbonyl (C=O) groups is 1. The molecule has 0 saturated carbocycles. The predicted octanol–water partition coefficient (Wildman–Crippen LogP) is 2.92. The second-order valence-electron chi connectivity index (χ2n) is 7.69. The zero-order valence-corrected chi connectivity index (χ0v) is 17.4. The van der Waals surface area contributed by atoms with Crippen LogP contribution < -0.4 is 5.32 Å². The van der Waals surface area contributed by atoms with E-state index in [4.69, 9.17) is 4.74 Å². The van der Waals surface area contributed by atoms with E-state index in [2.05, 4.69) is 45.4 Å². The zero-order valence-electron chi connectivity index (χ0n) is 17.4. The van der Waals surface area contributed by atoms with Crippen LogP contribution in [0.3, 0.4) is 0 Å². The number of rotatable bonds is 10. The second-order valence-corrected chi connectivity index (χ2v) is 7.69. The lowest BCUT2D eigenvalue weighted by Crippen LogP contribution is -2.46. The Morgan fingerprint density at radius 1 is 0.931 bits per heavy atom. The summed E-state index contributed by atoms with van der Waals surface area (Å²) in [6.07, 6.45) is 0.535. The Balaban J connectivity index is 1.24. The summed E-state index contributed by atoms with van der Waals surface area (Å²) in [7, 11) is 0. The highest BCUT2D eigenvalue weighted by molar-refractivity contribution is 5.80. The van der Waals surface area contributed by atoms with Crippen LogP contribution in [0.4, 0.5) is 0 Å². The van der Waals surface area contributed by atoms with Crippen molar-refractivity contribution < 1.29 is 9.53 Å². The molecule has 156 valence electrons. The van der Waals surface area contributed by atoms with Crippen LogP contribution in [0.15, 0.2) is 60.7 Å². The van der Waals surface area contributed by atoms with Gasteiger partial charge in [0.15, 0.2) is 0 Å². The van der Waals surface area contributed by atoms with Crippen LogP contribution in [-0.2, 0) is 22.7 Å². The average Bonchev–Trinajstić information content (AvgIpc) is 2.77. The van der Waals surface area contributed by atoms with Crippen molar-refractivity contribution in [3.05, 3.63) is 71.8 Å². The summed E-state index contributed by atoms with van der Waals surface area (Å²) >= 11 is 0. The van der Waals surface area contributed by atoms with E-state index in [-0.39, 0.29) is 5.91 Å². The van der Waals surface area contributed by atoms with Crippen molar-refractivity contribution in [3.63, 3.8) is 0 Å². The fourth-order valence-corrected chi connectivity index (χ4v) is 3.54. The number of ether oxygens (including phenoxy) is 1. The highest BCUT2D eigenvalue weighted by Crippen LogP contribution is 2.08. The van der Waals surface area contributed by atoms with E-state index in [1.54, 1.807) is 0 Å². The Morgan fingerprint density at radius 3 is 2.17 bits per heavy atom. The quantitative estimate of drug-likeness (QED) is 0.629. The molecular formula is C24H33N3O2. The standard InChI is InChI=1S/C24H33N3O2/c1-21(29-20-23-11-6-3-7-12-23)24(28)25-13-8-14-26-15-17-27(18-16-26)19-22-9-4-2-5-10-22/h2-7,9-12,21H,8,13-20H2,1H3,(H,25,28). The molecule has 1 saturated heterocycles. The molecule has 1 N–H and O–H groups in total. The fourth-order valence-electron chi connectivity index (χ4n) is 3.54. The van der Waals surface area contributed by atoms with Crippen molar-refractivity contribution >= 4 is 5.91 Å². The van der Waals surface area contributed by atoms with Gasteiger partial charge in [-0.05, 0) is 31.0 Å². The van der Waals surface area contributed by atoms with Crippen LogP contribution in [0.25, 0.3) is 0 Å². The molecule has 29 heavy (non-hydrogen) atoms. The Bertz CT molecular complexity index is 715. The summed E-state index contributed by atoms with van der Waals surface area (Å²) in [5.74, 6) is -0.0337. The van der Waals surface area contributed by atoms with Gasteiger partial charge in [-0.15, -0.1) is 0 Å². The van der Waals surface area contributed by atoms with Gasteiger partial charge in [-0.2, -0.15) is 0 Å². The first-order valence-electron chi connectivity index (χ1n) is 10.6. The van der Waals surface area contributed by atoms with Gasteiger partial charge in [0.1, 0.15) is 6.10 Å². The zero-order chi connectivity index (χ0) is 20.3. The Labute approximate surface area is 174 Å². The molecule has 1 aliphatic rings. The number of hydrogen-bond donors (Lipinski definition) is 1. The maximum atomic E-state index is 12.2. The molecule has 2 aromatic carbocycles. The molecule has 5 heteroatoms. The molecule has 1 aliphatic heterocycles. The van der Waals surface area contributed by atoms with Gasteiger partial charge in [-0.1, -0.05) is 60.7 Å². The number of hydrogen-bond acceptors (Lipinski definition) is 4. The second kappa shape index (κ2) is 11.7. The number of carbonyl (C=O) groups excluding carboxylic acids is 1. The first-order chi connectivity index (χ1) is 14.2. The van der Waals surface area contributed by atoms with Gasteiger partial charge in [0.2, 0.25) is 5.91 Å². The van der Waals surface area contributed by atoms with E-state index >= 15 is 0 Å². The maximum absolute atomic E-state index is 12.2. The molecule has 0 aliphatic carbocycles. The smallest absolute Gasteiger partial charge is 0.248 e. The van der Waals surface area contributed by atoms with E-state index in [1.165, 1.54) is 5.56 Å². The summed E-state index contributed by atoms with van der Waals surface area (Å²) in [5.41, 5.74) is 2.46. The molecule has 0 radical (unpaired) electrons. The number of nitrogens with zero attached hydrogens (tertiary/aromatic N) is 2. The summed E-state index contributed by atoms with van der Waals surface area (Å²) in [4.78, 5) is 17.2. The van der Waals surface area contributed by atoms with Crippen molar-refractivity contribution in [2.45, 2.75) is 32.6 Å². The monoisotopic (exact) mass is 395 g/mol. The lowest BCUT2D eigenvalue weighted by atomic mass is 10.2. The maximum Gasteiger partial charge on any atom is 0.248 e. The minimum Gasteiger partial charge on any atom is -0.364 e. The van der Waals surface area contributed by atoms with Crippen LogP contribution in [0.1, 0.15) is 24.5 Å². The van der Waals surface area contributed by atoms with E-state index in [9.17, 15) is 4.79 Å². The van der Waals surface area contributed by atoms with E-state index in [0.717, 1.165) is 51.3 Å². The van der Waals surface area contributed by atoms with Crippen molar-refractivity contribution in [1.29, 1.82) is 0 Å². The van der Waals surface area contributed by atoms with Gasteiger partial charge in [-0.25, -0.2) is 0 Å². The minimum atomic E-state index is -0.434. The highest BCUT2D eigenvalue weighted by atomic mass is 16.5. The van der Waals surface area contributed by atoms with Gasteiger partial charge in [0.05, 0.1) is 6.61 Å². The highest BCUT2D eigenvalue weighted by Gasteiger charge is 2.17. The Hall–Kier alpha value is -2.21. The van der Waals surface area contributed by atoms with Gasteiger partial charge in [-0.3, -0.25) is 9.69 Å². The van der Waals surface area contributed by atoms with Crippen LogP contribution in [0, 0.1) is 0 Å². The minimum absolute atomic E-state index is 0.0337. The number of piperazine rings is 1. The molecule has 1 unspecified atom stereocenters. The summed E-state index contributed by atoms with van der Waals surface area (Å²) < 4.78 is 5.67. The van der Waals surface area contributed by atoms with Gasteiger partial charge in [0.25, 0.3) is 0 Å². The van der Waals surface area contributed by atoms with Crippen LogP contribution in [-0.4, -0.2) is 61.1 Å². The number of nitrogens with one attached hydrogen (secondary N) is 1. The molecular weight excluding hydrogens is 362 g/mol. The summed E-state index contributed by atoms with van der Waals surface area (Å²) in [6, 6.07) is 20.6. The molecule has 5 nitrogen and oxygen atoms in total. The molecule has 0 bridgehead atoms. The van der Waals surface area contributed by atoms with Crippen molar-refractivity contribution in [2.75, 3.05) is 39.3 Å². The lowest BCUT2D eigenvalue weighted by Gasteiger charge is -2.34. The molecule has 2 aromatic rings. The first kappa shape index (κ1) is 21.5. The molecule has 1 heterocycles. The lowest BCUT2D eigenvalue weighted by molar-refractivity contribution is -0.132. The molecule has 3 rings (SSSR count). The number of amides is 1. The first-order valence-corrected chi connectivity index (χ1v) is 10.6. The van der Waals surface area contributed by atoms with Crippen molar-refractivity contribution in [2.24, 2.45) is 0 Å². The largest absolute Gasteiger partial charge is 0.364 e. The third-order valence-electron chi connectivity index (χ3n) is 5.38. The summed E-state index contributed by atoms with van der Waals surface area (Å²) in [6.45, 7) is 9.42. The molecule has 0 spiro atoms. The van der Waals surface area contributed by atoms with E-state index in [0.29, 0.717) is 13.2 Å². The van der Waals surface area contributed by atoms with Gasteiger partial charge < -0.3 is 15.0 Å². The Morgan fingerprint density at radius 2 is 1.52 bits per heavy atom. The van der Waals surface area contributed by atoms with Gasteiger partial charge in [0, 0.05) is 39.3 Å². The third-order valence-corrected chi connectivity index (χ3v) is 5.38. The molecule has 1 atom stereocenters. The predicted molar refractivity (Wildman–Crippen MR) is 116 cm³/mol. The van der Waals surface area contributed by atoms with Crippen molar-refractivity contribution in [1.82, 2.24) is 15.1 Å². The SMILES string of the molecule is CC(OCc1ccccc1)C(=O)NCCCN1CCN(Cc2ccccc2)CC1. The van der Waals surface area contributed by atoms with E-state index < -0.39 is 6.10 Å². The third kappa shape index (κ3) is 7.61.